The fourth-order valence-corrected chi connectivity index (χ4v) is 1.83. The van der Waals surface area contributed by atoms with E-state index in [4.69, 9.17) is 15.2 Å². The molecule has 1 rings (SSSR count). The topological polar surface area (TPSA) is 44.5 Å². The molecule has 0 fully saturated rings. The normalized spacial score (nSPS) is 13.4. The molecule has 1 aromatic rings. The van der Waals surface area contributed by atoms with Crippen molar-refractivity contribution in [2.24, 2.45) is 5.73 Å². The maximum atomic E-state index is 6.25. The quantitative estimate of drug-likeness (QED) is 0.808. The number of methoxy groups -OCH3 is 1. The van der Waals surface area contributed by atoms with Crippen molar-refractivity contribution in [1.29, 1.82) is 0 Å². The van der Waals surface area contributed by atoms with Crippen LogP contribution in [-0.4, -0.2) is 19.3 Å². The summed E-state index contributed by atoms with van der Waals surface area (Å²) in [6.45, 7) is 6.80. The molecule has 3 heteroatoms. The van der Waals surface area contributed by atoms with Crippen molar-refractivity contribution in [2.45, 2.75) is 45.3 Å². The van der Waals surface area contributed by atoms with Crippen LogP contribution in [-0.2, 0) is 4.74 Å². The summed E-state index contributed by atoms with van der Waals surface area (Å²) in [4.78, 5) is 0. The minimum atomic E-state index is -0.127. The molecular weight excluding hydrogens is 226 g/mol. The molecule has 3 nitrogen and oxygen atoms in total. The zero-order valence-electron chi connectivity index (χ0n) is 11.9. The third kappa shape index (κ3) is 4.31. The highest BCUT2D eigenvalue weighted by Gasteiger charge is 2.19. The summed E-state index contributed by atoms with van der Waals surface area (Å²) in [6, 6.07) is 7.97. The van der Waals surface area contributed by atoms with Crippen molar-refractivity contribution in [2.75, 3.05) is 13.7 Å². The van der Waals surface area contributed by atoms with Gasteiger partial charge in [-0.3, -0.25) is 0 Å². The van der Waals surface area contributed by atoms with Crippen LogP contribution in [0.4, 0.5) is 0 Å². The van der Waals surface area contributed by atoms with Gasteiger partial charge in [0.2, 0.25) is 0 Å². The summed E-state index contributed by atoms with van der Waals surface area (Å²) in [5, 5.41) is 0. The number of para-hydroxylation sites is 1. The molecule has 0 spiro atoms. The molecule has 18 heavy (non-hydrogen) atoms. The van der Waals surface area contributed by atoms with E-state index in [1.54, 1.807) is 7.11 Å². The molecule has 1 unspecified atom stereocenters. The van der Waals surface area contributed by atoms with Gasteiger partial charge in [0.25, 0.3) is 0 Å². The Morgan fingerprint density at radius 3 is 2.56 bits per heavy atom. The number of hydrogen-bond donors (Lipinski definition) is 1. The van der Waals surface area contributed by atoms with Gasteiger partial charge in [0.05, 0.1) is 12.2 Å². The van der Waals surface area contributed by atoms with Crippen LogP contribution in [0.1, 0.15) is 45.2 Å². The van der Waals surface area contributed by atoms with E-state index in [1.165, 1.54) is 0 Å². The summed E-state index contributed by atoms with van der Waals surface area (Å²) < 4.78 is 11.0. The lowest BCUT2D eigenvalue weighted by Crippen LogP contribution is -2.24. The Kier molecular flexibility index (Phi) is 5.63. The van der Waals surface area contributed by atoms with Gasteiger partial charge in [0.1, 0.15) is 5.75 Å². The molecule has 0 aromatic heterocycles. The monoisotopic (exact) mass is 251 g/mol. The van der Waals surface area contributed by atoms with Crippen LogP contribution in [0.2, 0.25) is 0 Å². The van der Waals surface area contributed by atoms with Crippen LogP contribution in [0.25, 0.3) is 0 Å². The van der Waals surface area contributed by atoms with Gasteiger partial charge >= 0.3 is 0 Å². The third-order valence-corrected chi connectivity index (χ3v) is 3.23. The highest BCUT2D eigenvalue weighted by molar-refractivity contribution is 5.35. The zero-order chi connectivity index (χ0) is 13.6. The van der Waals surface area contributed by atoms with E-state index in [2.05, 4.69) is 13.8 Å². The fraction of sp³-hybridized carbons (Fsp3) is 0.600. The SMILES string of the molecule is CCOc1ccccc1C(N)CCC(C)(C)OC. The smallest absolute Gasteiger partial charge is 0.124 e. The molecule has 0 bridgehead atoms. The van der Waals surface area contributed by atoms with E-state index >= 15 is 0 Å². The van der Waals surface area contributed by atoms with Crippen molar-refractivity contribution in [1.82, 2.24) is 0 Å². The number of rotatable bonds is 7. The molecule has 0 aliphatic rings. The van der Waals surface area contributed by atoms with Gasteiger partial charge in [-0.1, -0.05) is 18.2 Å². The predicted molar refractivity (Wildman–Crippen MR) is 74.9 cm³/mol. The standard InChI is InChI=1S/C15H25NO2/c1-5-18-14-9-7-6-8-12(14)13(16)10-11-15(2,3)17-4/h6-9,13H,5,10-11,16H2,1-4H3. The van der Waals surface area contributed by atoms with Gasteiger partial charge in [0.15, 0.2) is 0 Å². The van der Waals surface area contributed by atoms with E-state index < -0.39 is 0 Å². The second-order valence-electron chi connectivity index (χ2n) is 5.08. The molecule has 0 radical (unpaired) electrons. The Morgan fingerprint density at radius 2 is 1.94 bits per heavy atom. The first kappa shape index (κ1) is 15.0. The summed E-state index contributed by atoms with van der Waals surface area (Å²) >= 11 is 0. The van der Waals surface area contributed by atoms with Crippen LogP contribution in [0.3, 0.4) is 0 Å². The summed E-state index contributed by atoms with van der Waals surface area (Å²) in [5.41, 5.74) is 7.20. The molecule has 1 aromatic carbocycles. The van der Waals surface area contributed by atoms with E-state index in [0.717, 1.165) is 24.2 Å². The lowest BCUT2D eigenvalue weighted by molar-refractivity contribution is 0.0124. The predicted octanol–water partition coefficient (Wildman–Crippen LogP) is 3.29. The van der Waals surface area contributed by atoms with Gasteiger partial charge in [0, 0.05) is 18.7 Å². The lowest BCUT2D eigenvalue weighted by atomic mass is 9.95. The number of hydrogen-bond acceptors (Lipinski definition) is 3. The van der Waals surface area contributed by atoms with Gasteiger partial charge in [-0.2, -0.15) is 0 Å². The van der Waals surface area contributed by atoms with Crippen LogP contribution in [0.15, 0.2) is 24.3 Å². The first-order chi connectivity index (χ1) is 8.50. The summed E-state index contributed by atoms with van der Waals surface area (Å²) in [5.74, 6) is 0.891. The Balaban J connectivity index is 2.69. The maximum absolute atomic E-state index is 6.25. The van der Waals surface area contributed by atoms with E-state index in [9.17, 15) is 0 Å². The minimum absolute atomic E-state index is 0.0119. The molecule has 0 amide bonds. The Bertz CT molecular complexity index is 363. The van der Waals surface area contributed by atoms with Crippen LogP contribution >= 0.6 is 0 Å². The molecule has 0 aliphatic heterocycles. The van der Waals surface area contributed by atoms with E-state index in [1.807, 2.05) is 31.2 Å². The van der Waals surface area contributed by atoms with E-state index in [-0.39, 0.29) is 11.6 Å². The van der Waals surface area contributed by atoms with Crippen molar-refractivity contribution >= 4 is 0 Å². The Morgan fingerprint density at radius 1 is 1.28 bits per heavy atom. The number of ether oxygens (including phenoxy) is 2. The van der Waals surface area contributed by atoms with Gasteiger partial charge in [-0.15, -0.1) is 0 Å². The lowest BCUT2D eigenvalue weighted by Gasteiger charge is -2.25. The molecule has 0 aliphatic carbocycles. The first-order valence-corrected chi connectivity index (χ1v) is 6.52. The molecule has 0 heterocycles. The number of nitrogens with two attached hydrogens (primary N) is 1. The average Bonchev–Trinajstić information content (AvgIpc) is 2.37. The Hall–Kier alpha value is -1.06. The van der Waals surface area contributed by atoms with E-state index in [0.29, 0.717) is 6.61 Å². The second-order valence-corrected chi connectivity index (χ2v) is 5.08. The molecule has 0 saturated carbocycles. The van der Waals surface area contributed by atoms with Crippen molar-refractivity contribution in [3.05, 3.63) is 29.8 Å². The largest absolute Gasteiger partial charge is 0.494 e. The fourth-order valence-electron chi connectivity index (χ4n) is 1.83. The van der Waals surface area contributed by atoms with Crippen LogP contribution < -0.4 is 10.5 Å². The molecular formula is C15H25NO2. The van der Waals surface area contributed by atoms with Gasteiger partial charge in [-0.25, -0.2) is 0 Å². The first-order valence-electron chi connectivity index (χ1n) is 6.52. The maximum Gasteiger partial charge on any atom is 0.124 e. The third-order valence-electron chi connectivity index (χ3n) is 3.23. The summed E-state index contributed by atoms with van der Waals surface area (Å²) in [6.07, 6.45) is 1.80. The van der Waals surface area contributed by atoms with Gasteiger partial charge in [-0.05, 0) is 39.7 Å². The zero-order valence-corrected chi connectivity index (χ0v) is 11.9. The molecule has 102 valence electrons. The molecule has 0 saturated heterocycles. The summed E-state index contributed by atoms with van der Waals surface area (Å²) in [7, 11) is 1.74. The average molecular weight is 251 g/mol. The van der Waals surface area contributed by atoms with Crippen LogP contribution in [0, 0.1) is 0 Å². The van der Waals surface area contributed by atoms with Crippen LogP contribution in [0.5, 0.6) is 5.75 Å². The molecule has 2 N–H and O–H groups in total. The minimum Gasteiger partial charge on any atom is -0.494 e. The number of benzene rings is 1. The highest BCUT2D eigenvalue weighted by Crippen LogP contribution is 2.28. The van der Waals surface area contributed by atoms with Gasteiger partial charge < -0.3 is 15.2 Å². The Labute approximate surface area is 110 Å². The highest BCUT2D eigenvalue weighted by atomic mass is 16.5. The van der Waals surface area contributed by atoms with Crippen molar-refractivity contribution in [3.63, 3.8) is 0 Å². The van der Waals surface area contributed by atoms with Crippen molar-refractivity contribution in [3.8, 4) is 5.75 Å². The molecule has 1 atom stereocenters. The second kappa shape index (κ2) is 6.76. The van der Waals surface area contributed by atoms with Crippen molar-refractivity contribution < 1.29 is 9.47 Å².